The lowest BCUT2D eigenvalue weighted by molar-refractivity contribution is 1.19. The smallest absolute Gasteiger partial charge is 0.223 e. The maximum absolute atomic E-state index is 5.60. The monoisotopic (exact) mass is 243 g/mol. The van der Waals surface area contributed by atoms with E-state index in [1.54, 1.807) is 6.20 Å². The van der Waals surface area contributed by atoms with Gasteiger partial charge in [-0.25, -0.2) is 15.0 Å². The van der Waals surface area contributed by atoms with Crippen LogP contribution in [0.3, 0.4) is 0 Å². The number of aromatic nitrogens is 3. The molecule has 2 aromatic heterocycles. The first-order chi connectivity index (χ1) is 5.75. The van der Waals surface area contributed by atoms with Crippen molar-refractivity contribution < 1.29 is 0 Å². The minimum Gasteiger partial charge on any atom is -0.238 e. The third-order valence-electron chi connectivity index (χ3n) is 1.37. The lowest BCUT2D eigenvalue weighted by atomic mass is 10.4. The first-order valence-electron chi connectivity index (χ1n) is 3.20. The molecule has 0 spiro atoms. The molecule has 0 bridgehead atoms. The van der Waals surface area contributed by atoms with E-state index in [2.05, 4.69) is 30.9 Å². The number of hydrogen-bond donors (Lipinski definition) is 0. The summed E-state index contributed by atoms with van der Waals surface area (Å²) in [5.41, 5.74) is 1.48. The summed E-state index contributed by atoms with van der Waals surface area (Å²) < 4.78 is 0.765. The molecule has 5 heteroatoms. The van der Waals surface area contributed by atoms with E-state index in [4.69, 9.17) is 11.6 Å². The molecule has 60 valence electrons. The fourth-order valence-corrected chi connectivity index (χ4v) is 1.34. The van der Waals surface area contributed by atoms with Crippen molar-refractivity contribution >= 4 is 38.6 Å². The van der Waals surface area contributed by atoms with Crippen LogP contribution in [0.1, 0.15) is 0 Å². The van der Waals surface area contributed by atoms with Crippen LogP contribution >= 0.6 is 27.5 Å². The highest BCUT2D eigenvalue weighted by Gasteiger charge is 1.98. The molecular formula is C7H3BrClN3. The Hall–Kier alpha value is -0.740. The molecule has 2 heterocycles. The fraction of sp³-hybridized carbons (Fsp3) is 0. The Morgan fingerprint density at radius 2 is 2.00 bits per heavy atom. The first-order valence-corrected chi connectivity index (χ1v) is 4.37. The van der Waals surface area contributed by atoms with Crippen LogP contribution in [0.2, 0.25) is 5.28 Å². The topological polar surface area (TPSA) is 38.7 Å². The molecule has 0 unspecified atom stereocenters. The third-order valence-corrected chi connectivity index (χ3v) is 2.00. The Balaban J connectivity index is 2.79. The average molecular weight is 244 g/mol. The summed E-state index contributed by atoms with van der Waals surface area (Å²) >= 11 is 8.85. The van der Waals surface area contributed by atoms with Crippen molar-refractivity contribution in [3.63, 3.8) is 0 Å². The molecule has 3 nitrogen and oxygen atoms in total. The SMILES string of the molecule is Clc1ncc2nc(Br)ccc2n1. The van der Waals surface area contributed by atoms with Gasteiger partial charge in [0.25, 0.3) is 0 Å². The van der Waals surface area contributed by atoms with Crippen LogP contribution in [-0.4, -0.2) is 15.0 Å². The highest BCUT2D eigenvalue weighted by molar-refractivity contribution is 9.10. The fourth-order valence-electron chi connectivity index (χ4n) is 0.875. The number of hydrogen-bond acceptors (Lipinski definition) is 3. The van der Waals surface area contributed by atoms with E-state index in [0.29, 0.717) is 0 Å². The number of fused-ring (bicyclic) bond motifs is 1. The van der Waals surface area contributed by atoms with Crippen LogP contribution in [0.4, 0.5) is 0 Å². The molecule has 0 aromatic carbocycles. The second-order valence-corrected chi connectivity index (χ2v) is 3.33. The molecule has 12 heavy (non-hydrogen) atoms. The molecular weight excluding hydrogens is 241 g/mol. The van der Waals surface area contributed by atoms with E-state index in [1.807, 2.05) is 12.1 Å². The van der Waals surface area contributed by atoms with Gasteiger partial charge in [-0.2, -0.15) is 0 Å². The summed E-state index contributed by atoms with van der Waals surface area (Å²) in [7, 11) is 0. The normalized spacial score (nSPS) is 10.5. The summed E-state index contributed by atoms with van der Waals surface area (Å²) in [4.78, 5) is 12.0. The second kappa shape index (κ2) is 2.95. The van der Waals surface area contributed by atoms with Crippen molar-refractivity contribution in [2.45, 2.75) is 0 Å². The van der Waals surface area contributed by atoms with Crippen LogP contribution in [0.15, 0.2) is 22.9 Å². The molecule has 2 rings (SSSR count). The molecule has 0 saturated carbocycles. The van der Waals surface area contributed by atoms with E-state index in [1.165, 1.54) is 0 Å². The molecule has 0 radical (unpaired) electrons. The Bertz CT molecular complexity index is 391. The van der Waals surface area contributed by atoms with E-state index in [0.717, 1.165) is 15.6 Å². The van der Waals surface area contributed by atoms with Crippen molar-refractivity contribution in [2.75, 3.05) is 0 Å². The van der Waals surface area contributed by atoms with Gasteiger partial charge in [0.15, 0.2) is 0 Å². The Morgan fingerprint density at radius 1 is 1.17 bits per heavy atom. The summed E-state index contributed by atoms with van der Waals surface area (Å²) in [6.07, 6.45) is 1.59. The van der Waals surface area contributed by atoms with Crippen molar-refractivity contribution in [1.82, 2.24) is 15.0 Å². The van der Waals surface area contributed by atoms with Crippen LogP contribution in [0.25, 0.3) is 11.0 Å². The molecule has 0 aliphatic rings. The molecule has 0 N–H and O–H groups in total. The van der Waals surface area contributed by atoms with Crippen molar-refractivity contribution in [3.8, 4) is 0 Å². The molecule has 2 aromatic rings. The van der Waals surface area contributed by atoms with E-state index in [-0.39, 0.29) is 5.28 Å². The summed E-state index contributed by atoms with van der Waals surface area (Å²) in [6, 6.07) is 3.64. The van der Waals surface area contributed by atoms with Gasteiger partial charge in [-0.3, -0.25) is 0 Å². The zero-order valence-electron chi connectivity index (χ0n) is 5.83. The number of pyridine rings is 1. The lowest BCUT2D eigenvalue weighted by Gasteiger charge is -1.95. The maximum atomic E-state index is 5.60. The van der Waals surface area contributed by atoms with Gasteiger partial charge in [0.1, 0.15) is 10.1 Å². The Labute approximate surface area is 81.9 Å². The summed E-state index contributed by atoms with van der Waals surface area (Å²) in [5.74, 6) is 0. The highest BCUT2D eigenvalue weighted by atomic mass is 79.9. The second-order valence-electron chi connectivity index (χ2n) is 2.18. The van der Waals surface area contributed by atoms with Crippen LogP contribution in [0, 0.1) is 0 Å². The van der Waals surface area contributed by atoms with E-state index < -0.39 is 0 Å². The predicted octanol–water partition coefficient (Wildman–Crippen LogP) is 2.44. The quantitative estimate of drug-likeness (QED) is 0.528. The predicted molar refractivity (Wildman–Crippen MR) is 50.0 cm³/mol. The highest BCUT2D eigenvalue weighted by Crippen LogP contribution is 2.14. The Kier molecular flexibility index (Phi) is 1.94. The minimum atomic E-state index is 0.242. The van der Waals surface area contributed by atoms with Crippen molar-refractivity contribution in [1.29, 1.82) is 0 Å². The van der Waals surface area contributed by atoms with Gasteiger partial charge in [0.05, 0.1) is 11.7 Å². The van der Waals surface area contributed by atoms with Crippen molar-refractivity contribution in [3.05, 3.63) is 28.2 Å². The average Bonchev–Trinajstić information content (AvgIpc) is 2.05. The van der Waals surface area contributed by atoms with Gasteiger partial charge in [0.2, 0.25) is 5.28 Å². The van der Waals surface area contributed by atoms with Crippen LogP contribution < -0.4 is 0 Å². The van der Waals surface area contributed by atoms with Gasteiger partial charge in [-0.1, -0.05) is 0 Å². The number of rotatable bonds is 0. The first kappa shape index (κ1) is 7.89. The van der Waals surface area contributed by atoms with Gasteiger partial charge >= 0.3 is 0 Å². The number of nitrogens with zero attached hydrogens (tertiary/aromatic N) is 3. The van der Waals surface area contributed by atoms with Gasteiger partial charge in [0, 0.05) is 0 Å². The van der Waals surface area contributed by atoms with Crippen molar-refractivity contribution in [2.24, 2.45) is 0 Å². The van der Waals surface area contributed by atoms with E-state index >= 15 is 0 Å². The summed E-state index contributed by atoms with van der Waals surface area (Å²) in [5, 5.41) is 0.242. The summed E-state index contributed by atoms with van der Waals surface area (Å²) in [6.45, 7) is 0. The van der Waals surface area contributed by atoms with E-state index in [9.17, 15) is 0 Å². The molecule has 0 aliphatic carbocycles. The zero-order chi connectivity index (χ0) is 8.55. The van der Waals surface area contributed by atoms with Crippen LogP contribution in [0.5, 0.6) is 0 Å². The van der Waals surface area contributed by atoms with Gasteiger partial charge in [-0.15, -0.1) is 0 Å². The number of halogens is 2. The maximum Gasteiger partial charge on any atom is 0.223 e. The van der Waals surface area contributed by atoms with Gasteiger partial charge in [-0.05, 0) is 39.7 Å². The molecule has 0 fully saturated rings. The Morgan fingerprint density at radius 3 is 2.83 bits per heavy atom. The van der Waals surface area contributed by atoms with Crippen LogP contribution in [-0.2, 0) is 0 Å². The molecule has 0 amide bonds. The standard InChI is InChI=1S/C7H3BrClN3/c8-6-2-1-4-5(11-6)3-10-7(9)12-4/h1-3H. The zero-order valence-corrected chi connectivity index (χ0v) is 8.17. The lowest BCUT2D eigenvalue weighted by Crippen LogP contribution is -1.86. The molecule has 0 atom stereocenters. The largest absolute Gasteiger partial charge is 0.238 e. The third kappa shape index (κ3) is 1.40. The molecule has 0 aliphatic heterocycles. The van der Waals surface area contributed by atoms with Gasteiger partial charge < -0.3 is 0 Å². The minimum absolute atomic E-state index is 0.242. The molecule has 0 saturated heterocycles.